The Labute approximate surface area is 203 Å². The normalized spacial score (nSPS) is 10.5. The van der Waals surface area contributed by atoms with E-state index in [2.05, 4.69) is 41.8 Å². The topological polar surface area (TPSA) is 109 Å². The molecule has 0 aliphatic heterocycles. The number of aromatic amines is 1. The van der Waals surface area contributed by atoms with E-state index in [1.54, 1.807) is 31.2 Å². The molecule has 2 aromatic carbocycles. The third-order valence-electron chi connectivity index (χ3n) is 4.33. The number of nitrogens with zero attached hydrogens (tertiary/aromatic N) is 1. The minimum atomic E-state index is -1.07. The van der Waals surface area contributed by atoms with Crippen molar-refractivity contribution in [1.29, 1.82) is 0 Å². The van der Waals surface area contributed by atoms with E-state index in [-0.39, 0.29) is 28.2 Å². The van der Waals surface area contributed by atoms with Crippen molar-refractivity contribution in [2.45, 2.75) is 6.92 Å². The van der Waals surface area contributed by atoms with Crippen LogP contribution in [0.5, 0.6) is 0 Å². The third-order valence-corrected chi connectivity index (χ3v) is 5.73. The fourth-order valence-electron chi connectivity index (χ4n) is 2.83. The molecule has 0 aliphatic carbocycles. The summed E-state index contributed by atoms with van der Waals surface area (Å²) in [6, 6.07) is 10.6. The fraction of sp³-hybridized carbons (Fsp3) is 0.0909. The van der Waals surface area contributed by atoms with Crippen LogP contribution < -0.4 is 5.43 Å². The van der Waals surface area contributed by atoms with Crippen LogP contribution in [0.15, 0.2) is 62.5 Å². The number of halogens is 3. The average molecular weight is 583 g/mol. The van der Waals surface area contributed by atoms with E-state index >= 15 is 0 Å². The molecule has 0 bridgehead atoms. The van der Waals surface area contributed by atoms with Crippen molar-refractivity contribution in [3.05, 3.63) is 84.1 Å². The van der Waals surface area contributed by atoms with Crippen LogP contribution in [0, 0.1) is 0 Å². The molecule has 10 heteroatoms. The van der Waals surface area contributed by atoms with E-state index in [1.165, 1.54) is 12.4 Å². The number of carbonyl (C=O) groups excluding carboxylic acids is 1. The van der Waals surface area contributed by atoms with Gasteiger partial charge in [-0.2, -0.15) is 0 Å². The lowest BCUT2D eigenvalue weighted by Crippen LogP contribution is -2.18. The molecule has 2 heterocycles. The van der Waals surface area contributed by atoms with E-state index in [1.807, 2.05) is 12.1 Å². The zero-order chi connectivity index (χ0) is 23.4. The van der Waals surface area contributed by atoms with E-state index in [0.717, 1.165) is 8.95 Å². The molecule has 0 saturated heterocycles. The zero-order valence-electron chi connectivity index (χ0n) is 16.5. The predicted octanol–water partition coefficient (Wildman–Crippen LogP) is 5.82. The van der Waals surface area contributed by atoms with Gasteiger partial charge in [0.2, 0.25) is 5.43 Å². The first-order valence-electron chi connectivity index (χ1n) is 9.18. The van der Waals surface area contributed by atoms with Crippen molar-refractivity contribution in [2.24, 2.45) is 0 Å². The Morgan fingerprint density at radius 2 is 1.75 bits per heavy atom. The van der Waals surface area contributed by atoms with Crippen LogP contribution in [-0.4, -0.2) is 33.6 Å². The van der Waals surface area contributed by atoms with Crippen LogP contribution in [0.3, 0.4) is 0 Å². The first kappa shape index (κ1) is 23.9. The second-order valence-corrected chi connectivity index (χ2v) is 8.60. The second-order valence-electron chi connectivity index (χ2n) is 6.39. The van der Waals surface area contributed by atoms with Crippen LogP contribution in [0.1, 0.15) is 27.6 Å². The molecule has 4 aromatic rings. The first-order valence-corrected chi connectivity index (χ1v) is 11.1. The highest BCUT2D eigenvalue weighted by Gasteiger charge is 2.14. The molecule has 164 valence electrons. The lowest BCUT2D eigenvalue weighted by atomic mass is 10.1. The van der Waals surface area contributed by atoms with E-state index in [9.17, 15) is 14.4 Å². The quantitative estimate of drug-likeness (QED) is 0.295. The molecular formula is C22H15Br2ClN2O5. The number of ether oxygens (including phenoxy) is 1. The van der Waals surface area contributed by atoms with Gasteiger partial charge in [0.25, 0.3) is 0 Å². The van der Waals surface area contributed by atoms with Gasteiger partial charge in [-0.3, -0.25) is 9.78 Å². The monoisotopic (exact) mass is 580 g/mol. The Morgan fingerprint density at radius 3 is 2.41 bits per heavy atom. The number of hydrogen-bond donors (Lipinski definition) is 2. The summed E-state index contributed by atoms with van der Waals surface area (Å²) in [5.41, 5.74) is 1.08. The SMILES string of the molecule is CCOC(=O)c1c[nH]c2ccc(Br)cc2c1=O.O=C(O)c1cnc2ccc(Br)cc2c1Cl. The number of H-pyrrole nitrogens is 1. The standard InChI is InChI=1S/C12H10BrNO3.C10H5BrClNO2/c1-2-17-12(16)9-6-14-10-4-3-7(13)5-8(10)11(9)15;11-5-1-2-8-6(3-5)9(12)7(4-13-8)10(14)15/h3-6H,2H2,1H3,(H,14,15);1-4H,(H,14,15). The molecule has 2 aromatic heterocycles. The molecule has 4 rings (SSSR count). The fourth-order valence-corrected chi connectivity index (χ4v) is 3.84. The Kier molecular flexibility index (Phi) is 7.65. The number of fused-ring (bicyclic) bond motifs is 2. The van der Waals surface area contributed by atoms with Gasteiger partial charge in [0.05, 0.1) is 22.7 Å². The molecule has 0 amide bonds. The largest absolute Gasteiger partial charge is 0.478 e. The molecule has 0 spiro atoms. The summed E-state index contributed by atoms with van der Waals surface area (Å²) < 4.78 is 6.44. The van der Waals surface area contributed by atoms with Gasteiger partial charge in [0.15, 0.2) is 0 Å². The summed E-state index contributed by atoms with van der Waals surface area (Å²) in [5.74, 6) is -1.68. The van der Waals surface area contributed by atoms with Crippen molar-refractivity contribution in [3.8, 4) is 0 Å². The van der Waals surface area contributed by atoms with Crippen molar-refractivity contribution in [2.75, 3.05) is 6.61 Å². The molecule has 0 atom stereocenters. The maximum absolute atomic E-state index is 12.1. The predicted molar refractivity (Wildman–Crippen MR) is 130 cm³/mol. The number of nitrogens with one attached hydrogen (secondary N) is 1. The highest BCUT2D eigenvalue weighted by Crippen LogP contribution is 2.28. The number of benzene rings is 2. The van der Waals surface area contributed by atoms with E-state index < -0.39 is 11.9 Å². The summed E-state index contributed by atoms with van der Waals surface area (Å²) in [5, 5.41) is 10.2. The Morgan fingerprint density at radius 1 is 1.09 bits per heavy atom. The van der Waals surface area contributed by atoms with Gasteiger partial charge in [0, 0.05) is 37.6 Å². The third kappa shape index (κ3) is 5.17. The molecule has 0 unspecified atom stereocenters. The van der Waals surface area contributed by atoms with Crippen LogP contribution in [0.4, 0.5) is 0 Å². The first-order chi connectivity index (χ1) is 15.2. The van der Waals surface area contributed by atoms with Gasteiger partial charge >= 0.3 is 11.9 Å². The van der Waals surface area contributed by atoms with Crippen molar-refractivity contribution >= 4 is 77.2 Å². The summed E-state index contributed by atoms with van der Waals surface area (Å²) in [6.07, 6.45) is 2.65. The Balaban J connectivity index is 0.000000182. The minimum absolute atomic E-state index is 0.0160. The molecule has 0 saturated carbocycles. The lowest BCUT2D eigenvalue weighted by molar-refractivity contribution is 0.0524. The molecule has 7 nitrogen and oxygen atoms in total. The number of pyridine rings is 2. The highest BCUT2D eigenvalue weighted by molar-refractivity contribution is 9.10. The highest BCUT2D eigenvalue weighted by atomic mass is 79.9. The van der Waals surface area contributed by atoms with Gasteiger partial charge in [-0.05, 0) is 43.3 Å². The maximum Gasteiger partial charge on any atom is 0.343 e. The number of aromatic nitrogens is 2. The van der Waals surface area contributed by atoms with Gasteiger partial charge in [-0.25, -0.2) is 9.59 Å². The van der Waals surface area contributed by atoms with Gasteiger partial charge < -0.3 is 14.8 Å². The molecule has 2 N–H and O–H groups in total. The van der Waals surface area contributed by atoms with Gasteiger partial charge in [-0.15, -0.1) is 0 Å². The van der Waals surface area contributed by atoms with Gasteiger partial charge in [0.1, 0.15) is 5.56 Å². The summed E-state index contributed by atoms with van der Waals surface area (Å²) >= 11 is 12.6. The number of esters is 1. The van der Waals surface area contributed by atoms with Crippen LogP contribution >= 0.6 is 43.5 Å². The minimum Gasteiger partial charge on any atom is -0.478 e. The molecule has 0 aliphatic rings. The number of rotatable bonds is 3. The zero-order valence-corrected chi connectivity index (χ0v) is 20.4. The van der Waals surface area contributed by atoms with Crippen molar-refractivity contribution in [3.63, 3.8) is 0 Å². The van der Waals surface area contributed by atoms with Crippen LogP contribution in [0.2, 0.25) is 5.02 Å². The Bertz CT molecular complexity index is 1400. The lowest BCUT2D eigenvalue weighted by Gasteiger charge is -2.03. The number of carbonyl (C=O) groups is 2. The summed E-state index contributed by atoms with van der Waals surface area (Å²) in [6.45, 7) is 1.94. The molecular weight excluding hydrogens is 568 g/mol. The number of carboxylic acids is 1. The van der Waals surface area contributed by atoms with Crippen molar-refractivity contribution in [1.82, 2.24) is 9.97 Å². The summed E-state index contributed by atoms with van der Waals surface area (Å²) in [7, 11) is 0. The number of aromatic carboxylic acids is 1. The molecule has 0 radical (unpaired) electrons. The Hall–Kier alpha value is -2.75. The smallest absolute Gasteiger partial charge is 0.343 e. The van der Waals surface area contributed by atoms with Crippen LogP contribution in [-0.2, 0) is 4.74 Å². The number of carboxylic acid groups (broad SMARTS) is 1. The molecule has 0 fully saturated rings. The molecule has 32 heavy (non-hydrogen) atoms. The van der Waals surface area contributed by atoms with E-state index in [0.29, 0.717) is 21.8 Å². The second kappa shape index (κ2) is 10.2. The van der Waals surface area contributed by atoms with Crippen LogP contribution in [0.25, 0.3) is 21.8 Å². The van der Waals surface area contributed by atoms with Crippen molar-refractivity contribution < 1.29 is 19.4 Å². The number of hydrogen-bond acceptors (Lipinski definition) is 5. The maximum atomic E-state index is 12.1. The average Bonchev–Trinajstić information content (AvgIpc) is 2.75. The summed E-state index contributed by atoms with van der Waals surface area (Å²) in [4.78, 5) is 41.3. The van der Waals surface area contributed by atoms with Gasteiger partial charge in [-0.1, -0.05) is 43.5 Å². The van der Waals surface area contributed by atoms with E-state index in [4.69, 9.17) is 21.4 Å².